The third-order valence-corrected chi connectivity index (χ3v) is 5.86. The molecule has 0 spiro atoms. The number of anilines is 1. The first-order valence-electron chi connectivity index (χ1n) is 9.92. The molecule has 1 saturated heterocycles. The van der Waals surface area contributed by atoms with Crippen LogP contribution in [0.1, 0.15) is 28.8 Å². The van der Waals surface area contributed by atoms with Crippen molar-refractivity contribution in [2.75, 3.05) is 31.1 Å². The van der Waals surface area contributed by atoms with Crippen LogP contribution in [0.15, 0.2) is 36.4 Å². The van der Waals surface area contributed by atoms with Gasteiger partial charge in [-0.15, -0.1) is 0 Å². The lowest BCUT2D eigenvalue weighted by Crippen LogP contribution is -2.46. The van der Waals surface area contributed by atoms with E-state index in [0.29, 0.717) is 54.6 Å². The first-order valence-corrected chi connectivity index (χ1v) is 10.3. The molecule has 1 aliphatic heterocycles. The van der Waals surface area contributed by atoms with Gasteiger partial charge in [0.25, 0.3) is 11.6 Å². The fourth-order valence-corrected chi connectivity index (χ4v) is 3.85. The predicted molar refractivity (Wildman–Crippen MR) is 112 cm³/mol. The van der Waals surface area contributed by atoms with Crippen LogP contribution in [0.25, 0.3) is 0 Å². The van der Waals surface area contributed by atoms with E-state index in [1.807, 2.05) is 4.90 Å². The van der Waals surface area contributed by atoms with Gasteiger partial charge in [0.15, 0.2) is 0 Å². The molecule has 1 aliphatic carbocycles. The van der Waals surface area contributed by atoms with Crippen molar-refractivity contribution in [3.05, 3.63) is 68.5 Å². The molecule has 0 atom stereocenters. The largest absolute Gasteiger partial charge is 0.363 e. The summed E-state index contributed by atoms with van der Waals surface area (Å²) in [5, 5.41) is 14.9. The lowest BCUT2D eigenvalue weighted by atomic mass is 10.1. The Morgan fingerprint density at radius 2 is 1.93 bits per heavy atom. The molecule has 7 nitrogen and oxygen atoms in total. The fraction of sp³-hybridized carbons (Fsp3) is 0.381. The van der Waals surface area contributed by atoms with E-state index in [9.17, 15) is 19.3 Å². The minimum Gasteiger partial charge on any atom is -0.363 e. The van der Waals surface area contributed by atoms with E-state index in [-0.39, 0.29) is 23.5 Å². The van der Waals surface area contributed by atoms with Crippen LogP contribution in [-0.4, -0.2) is 48.0 Å². The molecular formula is C21H22ClFN4O3. The number of hydrogen-bond donors (Lipinski definition) is 1. The standard InChI is InChI=1S/C21H22ClFN4O3/c22-17-2-1-3-18(23)16(17)13-25-8-10-26(11-9-25)19-7-4-14(12-20(19)27(29)30)21(28)24-15-5-6-15/h1-4,7,12,15H,5-6,8-11,13H2,(H,24,28). The number of nitrogens with one attached hydrogen (secondary N) is 1. The highest BCUT2D eigenvalue weighted by molar-refractivity contribution is 6.31. The highest BCUT2D eigenvalue weighted by atomic mass is 35.5. The lowest BCUT2D eigenvalue weighted by molar-refractivity contribution is -0.384. The maximum atomic E-state index is 14.0. The van der Waals surface area contributed by atoms with Crippen LogP contribution in [0.4, 0.5) is 15.8 Å². The molecule has 1 N–H and O–H groups in total. The van der Waals surface area contributed by atoms with Gasteiger partial charge in [-0.2, -0.15) is 0 Å². The van der Waals surface area contributed by atoms with Crippen molar-refractivity contribution in [2.45, 2.75) is 25.4 Å². The number of hydrogen-bond acceptors (Lipinski definition) is 5. The first-order chi connectivity index (χ1) is 14.4. The monoisotopic (exact) mass is 432 g/mol. The Balaban J connectivity index is 1.44. The molecule has 0 bridgehead atoms. The quantitative estimate of drug-likeness (QED) is 0.557. The van der Waals surface area contributed by atoms with E-state index in [1.54, 1.807) is 24.3 Å². The third kappa shape index (κ3) is 4.55. The smallest absolute Gasteiger partial charge is 0.293 e. The number of nitro benzene ring substituents is 1. The van der Waals surface area contributed by atoms with Crippen LogP contribution in [0.5, 0.6) is 0 Å². The molecule has 30 heavy (non-hydrogen) atoms. The molecule has 158 valence electrons. The number of piperazine rings is 1. The molecule has 2 aromatic rings. The molecule has 1 amide bonds. The van der Waals surface area contributed by atoms with Gasteiger partial charge in [-0.25, -0.2) is 4.39 Å². The van der Waals surface area contributed by atoms with Gasteiger partial charge in [-0.1, -0.05) is 17.7 Å². The molecule has 1 heterocycles. The second-order valence-corrected chi connectivity index (χ2v) is 8.08. The highest BCUT2D eigenvalue weighted by Crippen LogP contribution is 2.31. The minimum atomic E-state index is -0.450. The van der Waals surface area contributed by atoms with E-state index >= 15 is 0 Å². The maximum absolute atomic E-state index is 14.0. The van der Waals surface area contributed by atoms with Crippen molar-refractivity contribution < 1.29 is 14.1 Å². The van der Waals surface area contributed by atoms with Crippen LogP contribution in [0.3, 0.4) is 0 Å². The number of benzene rings is 2. The van der Waals surface area contributed by atoms with Crippen LogP contribution in [-0.2, 0) is 6.54 Å². The van der Waals surface area contributed by atoms with E-state index in [1.165, 1.54) is 12.1 Å². The second kappa shape index (κ2) is 8.57. The molecular weight excluding hydrogens is 411 g/mol. The Hall–Kier alpha value is -2.71. The molecule has 1 saturated carbocycles. The summed E-state index contributed by atoms with van der Waals surface area (Å²) in [6.07, 6.45) is 1.91. The number of amides is 1. The van der Waals surface area contributed by atoms with E-state index in [4.69, 9.17) is 11.6 Å². The van der Waals surface area contributed by atoms with Crippen LogP contribution < -0.4 is 10.2 Å². The van der Waals surface area contributed by atoms with Gasteiger partial charge in [-0.3, -0.25) is 19.8 Å². The van der Waals surface area contributed by atoms with Crippen molar-refractivity contribution in [3.8, 4) is 0 Å². The van der Waals surface area contributed by atoms with Crippen molar-refractivity contribution in [1.29, 1.82) is 0 Å². The maximum Gasteiger partial charge on any atom is 0.293 e. The first kappa shape index (κ1) is 20.6. The zero-order valence-corrected chi connectivity index (χ0v) is 17.1. The normalized spacial score (nSPS) is 17.1. The van der Waals surface area contributed by atoms with Crippen molar-refractivity contribution >= 4 is 28.9 Å². The Morgan fingerprint density at radius 1 is 1.20 bits per heavy atom. The number of halogens is 2. The van der Waals surface area contributed by atoms with Crippen molar-refractivity contribution in [1.82, 2.24) is 10.2 Å². The molecule has 2 aromatic carbocycles. The van der Waals surface area contributed by atoms with Gasteiger partial charge in [0.05, 0.1) is 4.92 Å². The third-order valence-electron chi connectivity index (χ3n) is 5.50. The summed E-state index contributed by atoms with van der Waals surface area (Å²) < 4.78 is 14.0. The molecule has 9 heteroatoms. The summed E-state index contributed by atoms with van der Waals surface area (Å²) in [6, 6.07) is 9.44. The SMILES string of the molecule is O=C(NC1CC1)c1ccc(N2CCN(Cc3c(F)cccc3Cl)CC2)c([N+](=O)[O-])c1. The molecule has 0 aromatic heterocycles. The number of nitrogens with zero attached hydrogens (tertiary/aromatic N) is 3. The zero-order chi connectivity index (χ0) is 21.3. The molecule has 2 aliphatic rings. The van der Waals surface area contributed by atoms with Crippen molar-refractivity contribution in [2.24, 2.45) is 0 Å². The van der Waals surface area contributed by atoms with Gasteiger partial charge in [0.2, 0.25) is 0 Å². The van der Waals surface area contributed by atoms with E-state index in [0.717, 1.165) is 12.8 Å². The predicted octanol–water partition coefficient (Wildman–Crippen LogP) is 3.60. The summed E-state index contributed by atoms with van der Waals surface area (Å²) in [4.78, 5) is 27.4. The van der Waals surface area contributed by atoms with Gasteiger partial charge in [-0.05, 0) is 37.1 Å². The summed E-state index contributed by atoms with van der Waals surface area (Å²) in [5.74, 6) is -0.612. The van der Waals surface area contributed by atoms with Crippen LogP contribution in [0.2, 0.25) is 5.02 Å². The highest BCUT2D eigenvalue weighted by Gasteiger charge is 2.28. The van der Waals surface area contributed by atoms with Crippen molar-refractivity contribution in [3.63, 3.8) is 0 Å². The Bertz CT molecular complexity index is 954. The van der Waals surface area contributed by atoms with Gasteiger partial charge in [0.1, 0.15) is 11.5 Å². The average molecular weight is 433 g/mol. The summed E-state index contributed by atoms with van der Waals surface area (Å²) in [5.41, 5.74) is 1.17. The number of nitro groups is 1. The Labute approximate surface area is 178 Å². The number of carbonyl (C=O) groups excluding carboxylic acids is 1. The Morgan fingerprint density at radius 3 is 2.57 bits per heavy atom. The number of rotatable bonds is 6. The van der Waals surface area contributed by atoms with Gasteiger partial charge >= 0.3 is 0 Å². The number of carbonyl (C=O) groups is 1. The molecule has 4 rings (SSSR count). The van der Waals surface area contributed by atoms with Gasteiger partial charge in [0, 0.05) is 61.0 Å². The van der Waals surface area contributed by atoms with Crippen LogP contribution in [0, 0.1) is 15.9 Å². The summed E-state index contributed by atoms with van der Waals surface area (Å²) in [7, 11) is 0. The zero-order valence-electron chi connectivity index (χ0n) is 16.3. The second-order valence-electron chi connectivity index (χ2n) is 7.67. The van der Waals surface area contributed by atoms with E-state index in [2.05, 4.69) is 10.2 Å². The minimum absolute atomic E-state index is 0.0796. The van der Waals surface area contributed by atoms with Gasteiger partial charge < -0.3 is 10.2 Å². The van der Waals surface area contributed by atoms with E-state index < -0.39 is 4.92 Å². The lowest BCUT2D eigenvalue weighted by Gasteiger charge is -2.36. The molecule has 0 radical (unpaired) electrons. The molecule has 0 unspecified atom stereocenters. The molecule has 2 fully saturated rings. The summed E-state index contributed by atoms with van der Waals surface area (Å²) in [6.45, 7) is 2.74. The summed E-state index contributed by atoms with van der Waals surface area (Å²) >= 11 is 6.12. The average Bonchev–Trinajstić information content (AvgIpc) is 3.55. The Kier molecular flexibility index (Phi) is 5.87. The van der Waals surface area contributed by atoms with Crippen LogP contribution >= 0.6 is 11.6 Å². The fourth-order valence-electron chi connectivity index (χ4n) is 3.63. The topological polar surface area (TPSA) is 78.7 Å².